The van der Waals surface area contributed by atoms with Gasteiger partial charge >= 0.3 is 6.03 Å². The third-order valence-corrected chi connectivity index (χ3v) is 4.84. The van der Waals surface area contributed by atoms with E-state index < -0.39 is 0 Å². The van der Waals surface area contributed by atoms with Crippen LogP contribution in [0.4, 0.5) is 10.5 Å². The molecule has 2 amide bonds. The Kier molecular flexibility index (Phi) is 6.01. The number of urea groups is 1. The summed E-state index contributed by atoms with van der Waals surface area (Å²) in [6.45, 7) is 6.07. The number of benzene rings is 2. The second kappa shape index (κ2) is 8.43. The van der Waals surface area contributed by atoms with E-state index in [0.717, 1.165) is 36.6 Å². The zero-order valence-electron chi connectivity index (χ0n) is 15.2. The van der Waals surface area contributed by atoms with E-state index >= 15 is 0 Å². The molecule has 3 rings (SSSR count). The van der Waals surface area contributed by atoms with Crippen molar-refractivity contribution in [1.29, 1.82) is 0 Å². The summed E-state index contributed by atoms with van der Waals surface area (Å²) in [5, 5.41) is 3.52. The number of carbonyl (C=O) groups is 1. The standard InChI is InChI=1S/C20H24ClN3O2/c1-15-12-16(6-7-19(15)26-2)14-23-8-10-24(11-9-23)20(25)22-18-5-3-4-17(21)13-18/h3-7,12-13H,8-11,14H2,1-2H3,(H,22,25). The molecule has 0 spiro atoms. The number of amides is 2. The fourth-order valence-electron chi connectivity index (χ4n) is 3.17. The molecule has 0 bridgehead atoms. The summed E-state index contributed by atoms with van der Waals surface area (Å²) >= 11 is 5.96. The van der Waals surface area contributed by atoms with E-state index in [-0.39, 0.29) is 6.03 Å². The average molecular weight is 374 g/mol. The van der Waals surface area contributed by atoms with Gasteiger partial charge in [0.25, 0.3) is 0 Å². The fraction of sp³-hybridized carbons (Fsp3) is 0.350. The first kappa shape index (κ1) is 18.5. The highest BCUT2D eigenvalue weighted by atomic mass is 35.5. The van der Waals surface area contributed by atoms with Crippen LogP contribution in [-0.4, -0.2) is 49.1 Å². The lowest BCUT2D eigenvalue weighted by Crippen LogP contribution is -2.49. The summed E-state index contributed by atoms with van der Waals surface area (Å²) in [5.41, 5.74) is 3.13. The van der Waals surface area contributed by atoms with Gasteiger partial charge in [-0.05, 0) is 42.3 Å². The summed E-state index contributed by atoms with van der Waals surface area (Å²) in [6.07, 6.45) is 0. The van der Waals surface area contributed by atoms with Crippen LogP contribution in [0.3, 0.4) is 0 Å². The van der Waals surface area contributed by atoms with Gasteiger partial charge in [0.1, 0.15) is 5.75 Å². The molecule has 1 N–H and O–H groups in total. The number of piperazine rings is 1. The molecule has 1 aliphatic heterocycles. The quantitative estimate of drug-likeness (QED) is 0.880. The molecule has 5 nitrogen and oxygen atoms in total. The van der Waals surface area contributed by atoms with Gasteiger partial charge < -0.3 is 15.0 Å². The zero-order valence-corrected chi connectivity index (χ0v) is 15.9. The fourth-order valence-corrected chi connectivity index (χ4v) is 3.37. The lowest BCUT2D eigenvalue weighted by molar-refractivity contribution is 0.143. The molecule has 0 unspecified atom stereocenters. The van der Waals surface area contributed by atoms with Gasteiger partial charge in [0.15, 0.2) is 0 Å². The molecule has 1 fully saturated rings. The molecular formula is C20H24ClN3O2. The van der Waals surface area contributed by atoms with E-state index in [1.54, 1.807) is 19.2 Å². The summed E-state index contributed by atoms with van der Waals surface area (Å²) in [4.78, 5) is 16.6. The van der Waals surface area contributed by atoms with Crippen molar-refractivity contribution in [2.75, 3.05) is 38.6 Å². The number of rotatable bonds is 4. The molecule has 1 heterocycles. The van der Waals surface area contributed by atoms with Gasteiger partial charge in [0, 0.05) is 43.4 Å². The minimum absolute atomic E-state index is 0.0767. The number of anilines is 1. The molecule has 26 heavy (non-hydrogen) atoms. The summed E-state index contributed by atoms with van der Waals surface area (Å²) in [5.74, 6) is 0.913. The monoisotopic (exact) mass is 373 g/mol. The van der Waals surface area contributed by atoms with E-state index in [4.69, 9.17) is 16.3 Å². The van der Waals surface area contributed by atoms with Crippen molar-refractivity contribution in [2.24, 2.45) is 0 Å². The lowest BCUT2D eigenvalue weighted by Gasteiger charge is -2.34. The second-order valence-electron chi connectivity index (χ2n) is 6.51. The predicted molar refractivity (Wildman–Crippen MR) is 105 cm³/mol. The minimum atomic E-state index is -0.0767. The van der Waals surface area contributed by atoms with Crippen molar-refractivity contribution in [1.82, 2.24) is 9.80 Å². The van der Waals surface area contributed by atoms with Gasteiger partial charge in [-0.25, -0.2) is 4.79 Å². The van der Waals surface area contributed by atoms with Crippen molar-refractivity contribution in [2.45, 2.75) is 13.5 Å². The van der Waals surface area contributed by atoms with Crippen LogP contribution in [0.5, 0.6) is 5.75 Å². The molecule has 0 saturated carbocycles. The number of aryl methyl sites for hydroxylation is 1. The number of ether oxygens (including phenoxy) is 1. The summed E-state index contributed by atoms with van der Waals surface area (Å²) in [7, 11) is 1.69. The number of carbonyl (C=O) groups excluding carboxylic acids is 1. The Morgan fingerprint density at radius 3 is 2.58 bits per heavy atom. The Labute approximate surface area is 159 Å². The van der Waals surface area contributed by atoms with Crippen molar-refractivity contribution >= 4 is 23.3 Å². The van der Waals surface area contributed by atoms with Crippen molar-refractivity contribution in [3.8, 4) is 5.75 Å². The Hall–Kier alpha value is -2.24. The van der Waals surface area contributed by atoms with Crippen LogP contribution in [0.2, 0.25) is 5.02 Å². The molecule has 138 valence electrons. The molecule has 1 aliphatic rings. The number of halogens is 1. The number of hydrogen-bond acceptors (Lipinski definition) is 3. The molecular weight excluding hydrogens is 350 g/mol. The maximum atomic E-state index is 12.4. The number of nitrogens with zero attached hydrogens (tertiary/aromatic N) is 2. The third kappa shape index (κ3) is 4.68. The molecule has 0 aromatic heterocycles. The van der Waals surface area contributed by atoms with Crippen LogP contribution in [0.15, 0.2) is 42.5 Å². The van der Waals surface area contributed by atoms with Gasteiger partial charge in [-0.1, -0.05) is 29.8 Å². The lowest BCUT2D eigenvalue weighted by atomic mass is 10.1. The first-order valence-electron chi connectivity index (χ1n) is 8.72. The smallest absolute Gasteiger partial charge is 0.321 e. The van der Waals surface area contributed by atoms with Crippen molar-refractivity contribution in [3.63, 3.8) is 0 Å². The van der Waals surface area contributed by atoms with E-state index in [1.807, 2.05) is 23.1 Å². The Balaban J connectivity index is 1.50. The third-order valence-electron chi connectivity index (χ3n) is 4.60. The summed E-state index contributed by atoms with van der Waals surface area (Å²) in [6, 6.07) is 13.4. The van der Waals surface area contributed by atoms with Crippen LogP contribution in [0, 0.1) is 6.92 Å². The molecule has 0 atom stereocenters. The van der Waals surface area contributed by atoms with Crippen LogP contribution in [0.25, 0.3) is 0 Å². The highest BCUT2D eigenvalue weighted by Crippen LogP contribution is 2.20. The van der Waals surface area contributed by atoms with Gasteiger partial charge in [0.2, 0.25) is 0 Å². The highest BCUT2D eigenvalue weighted by molar-refractivity contribution is 6.30. The predicted octanol–water partition coefficient (Wildman–Crippen LogP) is 4.01. The van der Waals surface area contributed by atoms with Gasteiger partial charge in [0.05, 0.1) is 7.11 Å². The maximum absolute atomic E-state index is 12.4. The van der Waals surface area contributed by atoms with E-state index in [9.17, 15) is 4.79 Å². The van der Waals surface area contributed by atoms with Gasteiger partial charge in [-0.15, -0.1) is 0 Å². The molecule has 0 radical (unpaired) electrons. The number of hydrogen-bond donors (Lipinski definition) is 1. The molecule has 1 saturated heterocycles. The maximum Gasteiger partial charge on any atom is 0.321 e. The van der Waals surface area contributed by atoms with Crippen LogP contribution in [0.1, 0.15) is 11.1 Å². The molecule has 2 aromatic rings. The van der Waals surface area contributed by atoms with E-state index in [2.05, 4.69) is 29.3 Å². The Morgan fingerprint density at radius 2 is 1.92 bits per heavy atom. The van der Waals surface area contributed by atoms with Gasteiger partial charge in [-0.3, -0.25) is 4.90 Å². The van der Waals surface area contributed by atoms with E-state index in [1.165, 1.54) is 5.56 Å². The molecule has 6 heteroatoms. The average Bonchev–Trinajstić information content (AvgIpc) is 2.62. The van der Waals surface area contributed by atoms with Crippen LogP contribution in [-0.2, 0) is 6.54 Å². The SMILES string of the molecule is COc1ccc(CN2CCN(C(=O)Nc3cccc(Cl)c3)CC2)cc1C. The zero-order chi connectivity index (χ0) is 18.5. The number of nitrogens with one attached hydrogen (secondary N) is 1. The largest absolute Gasteiger partial charge is 0.496 e. The first-order valence-corrected chi connectivity index (χ1v) is 9.10. The Morgan fingerprint density at radius 1 is 1.15 bits per heavy atom. The second-order valence-corrected chi connectivity index (χ2v) is 6.94. The molecule has 0 aliphatic carbocycles. The summed E-state index contributed by atoms with van der Waals surface area (Å²) < 4.78 is 5.31. The van der Waals surface area contributed by atoms with Crippen molar-refractivity contribution in [3.05, 3.63) is 58.6 Å². The van der Waals surface area contributed by atoms with Crippen LogP contribution < -0.4 is 10.1 Å². The Bertz CT molecular complexity index is 773. The minimum Gasteiger partial charge on any atom is -0.496 e. The number of methoxy groups -OCH3 is 1. The van der Waals surface area contributed by atoms with Crippen LogP contribution >= 0.6 is 11.6 Å². The van der Waals surface area contributed by atoms with Crippen molar-refractivity contribution < 1.29 is 9.53 Å². The van der Waals surface area contributed by atoms with E-state index in [0.29, 0.717) is 18.1 Å². The first-order chi connectivity index (χ1) is 12.5. The molecule has 2 aromatic carbocycles. The normalized spacial score (nSPS) is 15.0. The highest BCUT2D eigenvalue weighted by Gasteiger charge is 2.21. The van der Waals surface area contributed by atoms with Gasteiger partial charge in [-0.2, -0.15) is 0 Å². The topological polar surface area (TPSA) is 44.8 Å².